The van der Waals surface area contributed by atoms with E-state index in [0.717, 1.165) is 54.4 Å². The fraction of sp³-hybridized carbons (Fsp3) is 0.560. The van der Waals surface area contributed by atoms with Gasteiger partial charge in [-0.1, -0.05) is 33.6 Å². The average Bonchev–Trinajstić information content (AvgIpc) is 3.28. The lowest BCUT2D eigenvalue weighted by Gasteiger charge is -2.42. The molecule has 0 N–H and O–H groups in total. The maximum atomic E-state index is 14.1. The molecule has 3 aliphatic heterocycles. The van der Waals surface area contributed by atoms with E-state index < -0.39 is 6.17 Å². The summed E-state index contributed by atoms with van der Waals surface area (Å²) in [4.78, 5) is 7.16. The van der Waals surface area contributed by atoms with E-state index in [0.29, 0.717) is 43.5 Å². The number of aryl methyl sites for hydroxylation is 1. The van der Waals surface area contributed by atoms with Gasteiger partial charge in [-0.25, -0.2) is 9.37 Å². The van der Waals surface area contributed by atoms with E-state index in [-0.39, 0.29) is 11.1 Å². The zero-order valence-corrected chi connectivity index (χ0v) is 20.4. The summed E-state index contributed by atoms with van der Waals surface area (Å²) >= 11 is 10.3. The first-order valence-electron chi connectivity index (χ1n) is 11.6. The van der Waals surface area contributed by atoms with Gasteiger partial charge in [0.2, 0.25) is 5.88 Å². The van der Waals surface area contributed by atoms with Crippen LogP contribution in [-0.4, -0.2) is 41.3 Å². The van der Waals surface area contributed by atoms with Gasteiger partial charge in [0.05, 0.1) is 28.5 Å². The molecule has 6 rings (SSSR count). The van der Waals surface area contributed by atoms with E-state index in [1.54, 1.807) is 6.07 Å². The lowest BCUT2D eigenvalue weighted by molar-refractivity contribution is -0.0855. The molecule has 32 heavy (non-hydrogen) atoms. The Balaban J connectivity index is 1.28. The number of aromatic nitrogens is 1. The molecule has 1 aromatic carbocycles. The molecule has 2 fully saturated rings. The molecule has 170 valence electrons. The van der Waals surface area contributed by atoms with Crippen molar-refractivity contribution in [2.45, 2.75) is 68.9 Å². The molecule has 0 amide bonds. The summed E-state index contributed by atoms with van der Waals surface area (Å²) in [6.07, 6.45) is 5.69. The van der Waals surface area contributed by atoms with Crippen molar-refractivity contribution in [3.8, 4) is 5.88 Å². The summed E-state index contributed by atoms with van der Waals surface area (Å²) in [6, 6.07) is 8.30. The standard InChI is InChI=1S/C25H27BrClFN2O2/c26-17-5-4-16-3-1-7-25(20(16)9-17)12-22-19(14-32-25)21(27)10-23(29-22)31-15-24-6-2-8-30(24)13-18(28)11-24/h4-5,9-10,18H,1-3,6-8,11-15H2/t18-,24+,25?/m1/s1. The van der Waals surface area contributed by atoms with Gasteiger partial charge in [-0.15, -0.1) is 0 Å². The van der Waals surface area contributed by atoms with Crippen molar-refractivity contribution in [2.24, 2.45) is 0 Å². The Bertz CT molecular complexity index is 1070. The minimum Gasteiger partial charge on any atom is -0.476 e. The van der Waals surface area contributed by atoms with Crippen LogP contribution >= 0.6 is 27.5 Å². The van der Waals surface area contributed by atoms with Crippen LogP contribution in [0.15, 0.2) is 28.7 Å². The van der Waals surface area contributed by atoms with Crippen molar-refractivity contribution < 1.29 is 13.9 Å². The molecule has 2 aromatic rings. The Morgan fingerprint density at radius 1 is 1.28 bits per heavy atom. The van der Waals surface area contributed by atoms with Crippen LogP contribution in [0.1, 0.15) is 54.5 Å². The van der Waals surface area contributed by atoms with Crippen LogP contribution in [0.3, 0.4) is 0 Å². The largest absolute Gasteiger partial charge is 0.476 e. The highest BCUT2D eigenvalue weighted by atomic mass is 79.9. The molecule has 0 saturated carbocycles. The molecule has 1 spiro atoms. The van der Waals surface area contributed by atoms with Gasteiger partial charge in [0.25, 0.3) is 0 Å². The lowest BCUT2D eigenvalue weighted by atomic mass is 9.75. The number of hydrogen-bond acceptors (Lipinski definition) is 4. The normalized spacial score (nSPS) is 31.4. The van der Waals surface area contributed by atoms with Crippen LogP contribution in [-0.2, 0) is 29.8 Å². The number of halogens is 3. The molecule has 1 unspecified atom stereocenters. The zero-order chi connectivity index (χ0) is 21.9. The van der Waals surface area contributed by atoms with Crippen molar-refractivity contribution >= 4 is 27.5 Å². The number of alkyl halides is 1. The summed E-state index contributed by atoms with van der Waals surface area (Å²) < 4.78 is 27.9. The number of ether oxygens (including phenoxy) is 2. The summed E-state index contributed by atoms with van der Waals surface area (Å²) in [5.74, 6) is 0.541. The molecule has 7 heteroatoms. The maximum Gasteiger partial charge on any atom is 0.215 e. The number of fused-ring (bicyclic) bond motifs is 4. The predicted molar refractivity (Wildman–Crippen MR) is 125 cm³/mol. The number of pyridine rings is 1. The van der Waals surface area contributed by atoms with Crippen LogP contribution in [0, 0.1) is 0 Å². The van der Waals surface area contributed by atoms with Gasteiger partial charge < -0.3 is 9.47 Å². The Morgan fingerprint density at radius 3 is 3.09 bits per heavy atom. The number of rotatable bonds is 3. The number of benzene rings is 1. The van der Waals surface area contributed by atoms with Crippen LogP contribution in [0.25, 0.3) is 0 Å². The lowest BCUT2D eigenvalue weighted by Crippen LogP contribution is -2.43. The van der Waals surface area contributed by atoms with Gasteiger partial charge in [-0.2, -0.15) is 0 Å². The van der Waals surface area contributed by atoms with Crippen LogP contribution in [0.2, 0.25) is 5.02 Å². The van der Waals surface area contributed by atoms with E-state index in [1.165, 1.54) is 11.1 Å². The fourth-order valence-electron chi connectivity index (χ4n) is 6.35. The summed E-state index contributed by atoms with van der Waals surface area (Å²) in [6.45, 7) is 2.40. The molecule has 4 aliphatic rings. The fourth-order valence-corrected chi connectivity index (χ4v) is 6.97. The van der Waals surface area contributed by atoms with E-state index in [9.17, 15) is 4.39 Å². The first-order chi connectivity index (χ1) is 15.5. The smallest absolute Gasteiger partial charge is 0.215 e. The van der Waals surface area contributed by atoms with Gasteiger partial charge in [0, 0.05) is 35.5 Å². The predicted octanol–water partition coefficient (Wildman–Crippen LogP) is 5.76. The van der Waals surface area contributed by atoms with Gasteiger partial charge in [0.1, 0.15) is 12.8 Å². The first-order valence-corrected chi connectivity index (χ1v) is 12.8. The third-order valence-corrected chi connectivity index (χ3v) is 8.75. The molecule has 4 nitrogen and oxygen atoms in total. The van der Waals surface area contributed by atoms with Gasteiger partial charge in [-0.05, 0) is 61.9 Å². The minimum absolute atomic E-state index is 0.192. The number of hydrogen-bond donors (Lipinski definition) is 0. The molecule has 0 bridgehead atoms. The Morgan fingerprint density at radius 2 is 2.19 bits per heavy atom. The summed E-state index contributed by atoms with van der Waals surface area (Å²) in [7, 11) is 0. The van der Waals surface area contributed by atoms with Gasteiger partial charge >= 0.3 is 0 Å². The second kappa shape index (κ2) is 7.93. The monoisotopic (exact) mass is 520 g/mol. The van der Waals surface area contributed by atoms with E-state index >= 15 is 0 Å². The molecular weight excluding hydrogens is 495 g/mol. The van der Waals surface area contributed by atoms with Crippen molar-refractivity contribution in [3.63, 3.8) is 0 Å². The molecule has 3 atom stereocenters. The third-order valence-electron chi connectivity index (χ3n) is 7.92. The molecular formula is C25H27BrClFN2O2. The second-order valence-corrected chi connectivity index (χ2v) is 11.2. The quantitative estimate of drug-likeness (QED) is 0.515. The van der Waals surface area contributed by atoms with E-state index in [4.69, 9.17) is 26.1 Å². The average molecular weight is 522 g/mol. The molecule has 0 radical (unpaired) electrons. The van der Waals surface area contributed by atoms with Crippen LogP contribution < -0.4 is 4.74 Å². The summed E-state index contributed by atoms with van der Waals surface area (Å²) in [5.41, 5.74) is 3.96. The third kappa shape index (κ3) is 3.49. The highest BCUT2D eigenvalue weighted by molar-refractivity contribution is 9.10. The van der Waals surface area contributed by atoms with Gasteiger partial charge in [-0.3, -0.25) is 4.90 Å². The SMILES string of the molecule is F[C@H]1CN2CCC[C@@]2(COc2cc(Cl)c3c(n2)CC2(CCCc4ccc(Br)cc42)OC3)C1. The van der Waals surface area contributed by atoms with Crippen molar-refractivity contribution in [3.05, 3.63) is 56.1 Å². The maximum absolute atomic E-state index is 14.1. The highest BCUT2D eigenvalue weighted by Gasteiger charge is 2.49. The van der Waals surface area contributed by atoms with Crippen LogP contribution in [0.5, 0.6) is 5.88 Å². The molecule has 1 aromatic heterocycles. The van der Waals surface area contributed by atoms with Crippen LogP contribution in [0.4, 0.5) is 4.39 Å². The van der Waals surface area contributed by atoms with Gasteiger partial charge in [0.15, 0.2) is 0 Å². The molecule has 2 saturated heterocycles. The summed E-state index contributed by atoms with van der Waals surface area (Å²) in [5, 5.41) is 0.640. The zero-order valence-electron chi connectivity index (χ0n) is 18.0. The first kappa shape index (κ1) is 21.3. The van der Waals surface area contributed by atoms with Crippen molar-refractivity contribution in [2.75, 3.05) is 19.7 Å². The second-order valence-electron chi connectivity index (χ2n) is 9.85. The molecule has 4 heterocycles. The Hall–Kier alpha value is -1.21. The van der Waals surface area contributed by atoms with E-state index in [1.807, 2.05) is 0 Å². The Kier molecular flexibility index (Phi) is 5.29. The molecule has 1 aliphatic carbocycles. The van der Waals surface area contributed by atoms with Crippen molar-refractivity contribution in [1.82, 2.24) is 9.88 Å². The minimum atomic E-state index is -0.762. The highest BCUT2D eigenvalue weighted by Crippen LogP contribution is 2.47. The van der Waals surface area contributed by atoms with E-state index in [2.05, 4.69) is 39.0 Å². The topological polar surface area (TPSA) is 34.6 Å². The Labute approximate surface area is 201 Å². The van der Waals surface area contributed by atoms with Crippen molar-refractivity contribution in [1.29, 1.82) is 0 Å². The number of nitrogens with zero attached hydrogens (tertiary/aromatic N) is 2.